The van der Waals surface area contributed by atoms with Gasteiger partial charge in [0.15, 0.2) is 11.6 Å². The van der Waals surface area contributed by atoms with Crippen LogP contribution >= 0.6 is 22.9 Å². The third-order valence-corrected chi connectivity index (χ3v) is 6.24. The largest absolute Gasteiger partial charge is 0.490 e. The molecule has 0 spiro atoms. The number of carbonyl (C=O) groups is 2. The number of fused-ring (bicyclic) bond motifs is 1. The number of benzene rings is 2. The van der Waals surface area contributed by atoms with Gasteiger partial charge in [0.2, 0.25) is 4.96 Å². The Morgan fingerprint density at radius 2 is 1.79 bits per heavy atom. The first-order valence-corrected chi connectivity index (χ1v) is 11.9. The van der Waals surface area contributed by atoms with Gasteiger partial charge in [-0.25, -0.2) is 4.79 Å². The van der Waals surface area contributed by atoms with Gasteiger partial charge in [-0.3, -0.25) is 4.79 Å². The van der Waals surface area contributed by atoms with Crippen molar-refractivity contribution in [1.82, 2.24) is 19.8 Å². The van der Waals surface area contributed by atoms with Crippen molar-refractivity contribution in [1.29, 1.82) is 0 Å². The SMILES string of the molecule is Cc1ccc(-c2nn3c(C)nnc3s2)cc1NC(=O)c1ccc(-c2cccc(Cl)c2)o1.O=C(O)C(F)(F)F. The number of aliphatic carboxylic acids is 1. The molecule has 196 valence electrons. The minimum atomic E-state index is -5.08. The average Bonchev–Trinajstić information content (AvgIpc) is 3.58. The number of aryl methyl sites for hydroxylation is 2. The molecule has 0 bridgehead atoms. The maximum atomic E-state index is 12.8. The number of hydrogen-bond donors (Lipinski definition) is 2. The van der Waals surface area contributed by atoms with Crippen LogP contribution in [0.3, 0.4) is 0 Å². The Morgan fingerprint density at radius 3 is 2.45 bits per heavy atom. The zero-order valence-electron chi connectivity index (χ0n) is 19.6. The monoisotopic (exact) mass is 563 g/mol. The molecule has 0 fully saturated rings. The second-order valence-electron chi connectivity index (χ2n) is 7.81. The molecule has 0 aliphatic rings. The molecule has 0 atom stereocenters. The molecule has 0 aliphatic heterocycles. The van der Waals surface area contributed by atoms with Gasteiger partial charge in [0.1, 0.15) is 10.8 Å². The molecule has 1 amide bonds. The summed E-state index contributed by atoms with van der Waals surface area (Å²) in [6.45, 7) is 3.78. The van der Waals surface area contributed by atoms with Crippen LogP contribution in [0.15, 0.2) is 59.0 Å². The maximum absolute atomic E-state index is 12.8. The number of nitrogens with one attached hydrogen (secondary N) is 1. The molecule has 0 unspecified atom stereocenters. The lowest BCUT2D eigenvalue weighted by Crippen LogP contribution is -2.21. The van der Waals surface area contributed by atoms with Gasteiger partial charge in [-0.15, -0.1) is 10.2 Å². The van der Waals surface area contributed by atoms with Crippen molar-refractivity contribution >= 4 is 45.5 Å². The summed E-state index contributed by atoms with van der Waals surface area (Å²) in [7, 11) is 0. The zero-order valence-corrected chi connectivity index (χ0v) is 21.1. The highest BCUT2D eigenvalue weighted by Gasteiger charge is 2.38. The van der Waals surface area contributed by atoms with Crippen molar-refractivity contribution < 1.29 is 32.3 Å². The number of furan rings is 1. The van der Waals surface area contributed by atoms with Crippen LogP contribution in [-0.2, 0) is 4.79 Å². The lowest BCUT2D eigenvalue weighted by molar-refractivity contribution is -0.192. The highest BCUT2D eigenvalue weighted by atomic mass is 35.5. The molecule has 5 rings (SSSR count). The quantitative estimate of drug-likeness (QED) is 0.264. The molecular formula is C24H17ClF3N5O4S. The van der Waals surface area contributed by atoms with Gasteiger partial charge >= 0.3 is 12.1 Å². The van der Waals surface area contributed by atoms with E-state index in [1.54, 1.807) is 28.8 Å². The zero-order chi connectivity index (χ0) is 27.6. The Bertz CT molecular complexity index is 1640. The van der Waals surface area contributed by atoms with Crippen molar-refractivity contribution in [3.05, 3.63) is 76.8 Å². The molecule has 2 aromatic carbocycles. The number of anilines is 1. The number of aromatic nitrogens is 4. The number of nitrogens with zero attached hydrogens (tertiary/aromatic N) is 4. The van der Waals surface area contributed by atoms with E-state index in [0.29, 0.717) is 16.5 Å². The fourth-order valence-electron chi connectivity index (χ4n) is 3.16. The number of carbonyl (C=O) groups excluding carboxylic acids is 1. The minimum absolute atomic E-state index is 0.217. The van der Waals surface area contributed by atoms with E-state index < -0.39 is 12.1 Å². The summed E-state index contributed by atoms with van der Waals surface area (Å²) >= 11 is 7.49. The van der Waals surface area contributed by atoms with Crippen LogP contribution in [0.2, 0.25) is 5.02 Å². The first kappa shape index (κ1) is 26.8. The molecule has 5 aromatic rings. The van der Waals surface area contributed by atoms with Crippen molar-refractivity contribution in [3.63, 3.8) is 0 Å². The smallest absolute Gasteiger partial charge is 0.475 e. The number of halogens is 4. The van der Waals surface area contributed by atoms with Gasteiger partial charge in [0, 0.05) is 21.8 Å². The van der Waals surface area contributed by atoms with E-state index >= 15 is 0 Å². The van der Waals surface area contributed by atoms with Crippen LogP contribution < -0.4 is 5.32 Å². The van der Waals surface area contributed by atoms with Crippen LogP contribution in [0.5, 0.6) is 0 Å². The Morgan fingerprint density at radius 1 is 1.05 bits per heavy atom. The number of rotatable bonds is 4. The molecule has 14 heteroatoms. The number of alkyl halides is 3. The predicted molar refractivity (Wildman–Crippen MR) is 134 cm³/mol. The summed E-state index contributed by atoms with van der Waals surface area (Å²) in [4.78, 5) is 22.4. The van der Waals surface area contributed by atoms with E-state index in [9.17, 15) is 18.0 Å². The Kier molecular flexibility index (Phi) is 7.51. The summed E-state index contributed by atoms with van der Waals surface area (Å²) in [6, 6.07) is 16.5. The summed E-state index contributed by atoms with van der Waals surface area (Å²) in [5.74, 6) is -1.57. The molecule has 0 saturated heterocycles. The molecule has 2 N–H and O–H groups in total. The lowest BCUT2D eigenvalue weighted by Gasteiger charge is -2.08. The van der Waals surface area contributed by atoms with E-state index in [2.05, 4.69) is 20.6 Å². The number of amides is 1. The molecule has 0 saturated carbocycles. The normalized spacial score (nSPS) is 11.2. The highest BCUT2D eigenvalue weighted by molar-refractivity contribution is 7.19. The van der Waals surface area contributed by atoms with Gasteiger partial charge in [-0.05, 0) is 49.7 Å². The minimum Gasteiger partial charge on any atom is -0.475 e. The van der Waals surface area contributed by atoms with E-state index in [1.165, 1.54) is 11.3 Å². The molecule has 3 aromatic heterocycles. The van der Waals surface area contributed by atoms with Gasteiger partial charge in [0.05, 0.1) is 0 Å². The van der Waals surface area contributed by atoms with Crippen molar-refractivity contribution in [2.24, 2.45) is 0 Å². The Hall–Kier alpha value is -4.23. The fraction of sp³-hybridized carbons (Fsp3) is 0.125. The van der Waals surface area contributed by atoms with E-state index in [0.717, 1.165) is 32.5 Å². The van der Waals surface area contributed by atoms with Crippen LogP contribution in [0.4, 0.5) is 18.9 Å². The standard InChI is InChI=1S/C22H16ClN5O2S.C2HF3O2/c1-12-6-7-15(21-27-28-13(2)25-26-22(28)31-21)11-17(12)24-20(29)19-9-8-18(30-19)14-4-3-5-16(23)10-14;3-2(4,5)1(6)7/h3-11H,1-2H3,(H,24,29);(H,6,7). The topological polar surface area (TPSA) is 123 Å². The highest BCUT2D eigenvalue weighted by Crippen LogP contribution is 2.30. The Labute approximate surface area is 221 Å². The molecule has 9 nitrogen and oxygen atoms in total. The molecular weight excluding hydrogens is 547 g/mol. The third-order valence-electron chi connectivity index (χ3n) is 5.06. The summed E-state index contributed by atoms with van der Waals surface area (Å²) in [5.41, 5.74) is 3.31. The second kappa shape index (κ2) is 10.6. The van der Waals surface area contributed by atoms with Crippen LogP contribution in [-0.4, -0.2) is 43.0 Å². The van der Waals surface area contributed by atoms with Gasteiger partial charge in [0.25, 0.3) is 5.91 Å². The van der Waals surface area contributed by atoms with E-state index in [1.807, 2.05) is 44.2 Å². The fourth-order valence-corrected chi connectivity index (χ4v) is 4.23. The van der Waals surface area contributed by atoms with E-state index in [-0.39, 0.29) is 11.7 Å². The van der Waals surface area contributed by atoms with Crippen molar-refractivity contribution in [2.45, 2.75) is 20.0 Å². The van der Waals surface area contributed by atoms with Gasteiger partial charge in [-0.2, -0.15) is 22.8 Å². The summed E-state index contributed by atoms with van der Waals surface area (Å²) < 4.78 is 39.2. The third kappa shape index (κ3) is 6.01. The second-order valence-corrected chi connectivity index (χ2v) is 9.20. The molecule has 3 heterocycles. The predicted octanol–water partition coefficient (Wildman–Crippen LogP) is 6.27. The van der Waals surface area contributed by atoms with E-state index in [4.69, 9.17) is 25.9 Å². The number of carboxylic acid groups (broad SMARTS) is 1. The van der Waals surface area contributed by atoms with Crippen molar-refractivity contribution in [3.8, 4) is 21.9 Å². The lowest BCUT2D eigenvalue weighted by atomic mass is 10.1. The first-order valence-electron chi connectivity index (χ1n) is 10.7. The van der Waals surface area contributed by atoms with Crippen LogP contribution in [0, 0.1) is 13.8 Å². The molecule has 0 radical (unpaired) electrons. The Balaban J connectivity index is 0.000000426. The molecule has 38 heavy (non-hydrogen) atoms. The van der Waals surface area contributed by atoms with Gasteiger partial charge < -0.3 is 14.8 Å². The number of hydrogen-bond acceptors (Lipinski definition) is 7. The van der Waals surface area contributed by atoms with Gasteiger partial charge in [-0.1, -0.05) is 47.2 Å². The molecule has 0 aliphatic carbocycles. The van der Waals surface area contributed by atoms with Crippen LogP contribution in [0.1, 0.15) is 21.9 Å². The average molecular weight is 564 g/mol. The summed E-state index contributed by atoms with van der Waals surface area (Å²) in [5, 5.41) is 24.1. The van der Waals surface area contributed by atoms with Crippen molar-refractivity contribution in [2.75, 3.05) is 5.32 Å². The first-order chi connectivity index (χ1) is 17.9. The van der Waals surface area contributed by atoms with Crippen LogP contribution in [0.25, 0.3) is 26.9 Å². The number of carboxylic acids is 1. The maximum Gasteiger partial charge on any atom is 0.490 e. The summed E-state index contributed by atoms with van der Waals surface area (Å²) in [6.07, 6.45) is -5.08.